The number of hydrogen-bond donors (Lipinski definition) is 1. The third kappa shape index (κ3) is 2.68. The molecule has 0 radical (unpaired) electrons. The maximum atomic E-state index is 5.28. The van der Waals surface area contributed by atoms with Crippen molar-refractivity contribution < 1.29 is 4.74 Å². The zero-order chi connectivity index (χ0) is 14.8. The molecule has 0 unspecified atom stereocenters. The van der Waals surface area contributed by atoms with Gasteiger partial charge in [-0.1, -0.05) is 18.2 Å². The van der Waals surface area contributed by atoms with Crippen LogP contribution < -0.4 is 10.1 Å². The summed E-state index contributed by atoms with van der Waals surface area (Å²) in [5.41, 5.74) is 4.33. The molecule has 0 fully saturated rings. The summed E-state index contributed by atoms with van der Waals surface area (Å²) in [4.78, 5) is 4.66. The minimum absolute atomic E-state index is 0.857. The van der Waals surface area contributed by atoms with Crippen LogP contribution in [-0.4, -0.2) is 12.1 Å². The monoisotopic (exact) mass is 278 g/mol. The normalized spacial score (nSPS) is 10.6. The largest absolute Gasteiger partial charge is 0.496 e. The minimum Gasteiger partial charge on any atom is -0.496 e. The van der Waals surface area contributed by atoms with Gasteiger partial charge in [0.05, 0.1) is 12.6 Å². The Morgan fingerprint density at radius 3 is 2.52 bits per heavy atom. The van der Waals surface area contributed by atoms with Gasteiger partial charge < -0.3 is 10.1 Å². The number of aryl methyl sites for hydroxylation is 2. The van der Waals surface area contributed by atoms with Crippen molar-refractivity contribution in [1.82, 2.24) is 4.98 Å². The van der Waals surface area contributed by atoms with Crippen molar-refractivity contribution >= 4 is 22.4 Å². The highest BCUT2D eigenvalue weighted by Gasteiger charge is 2.04. The van der Waals surface area contributed by atoms with E-state index in [0.29, 0.717) is 0 Å². The molecule has 0 aliphatic heterocycles. The van der Waals surface area contributed by atoms with E-state index >= 15 is 0 Å². The molecule has 0 amide bonds. The van der Waals surface area contributed by atoms with Gasteiger partial charge in [0.1, 0.15) is 11.6 Å². The van der Waals surface area contributed by atoms with Crippen molar-refractivity contribution in [3.63, 3.8) is 0 Å². The minimum atomic E-state index is 0.857. The number of pyridine rings is 1. The first-order valence-electron chi connectivity index (χ1n) is 6.95. The molecule has 0 saturated heterocycles. The fraction of sp³-hybridized carbons (Fsp3) is 0.167. The molecular formula is C18H18N2O. The number of benzene rings is 2. The van der Waals surface area contributed by atoms with E-state index in [9.17, 15) is 0 Å². The fourth-order valence-corrected chi connectivity index (χ4v) is 2.52. The molecule has 1 N–H and O–H groups in total. The van der Waals surface area contributed by atoms with Crippen LogP contribution in [0.2, 0.25) is 0 Å². The molecule has 21 heavy (non-hydrogen) atoms. The molecule has 3 heteroatoms. The first-order chi connectivity index (χ1) is 10.2. The smallest absolute Gasteiger partial charge is 0.131 e. The molecule has 3 aromatic rings. The van der Waals surface area contributed by atoms with Gasteiger partial charge in [-0.3, -0.25) is 0 Å². The predicted molar refractivity (Wildman–Crippen MR) is 87.5 cm³/mol. The third-order valence-corrected chi connectivity index (χ3v) is 3.59. The van der Waals surface area contributed by atoms with Crippen LogP contribution in [0.1, 0.15) is 11.1 Å². The zero-order valence-corrected chi connectivity index (χ0v) is 12.5. The van der Waals surface area contributed by atoms with Crippen LogP contribution in [0.25, 0.3) is 10.9 Å². The average Bonchev–Trinajstić information content (AvgIpc) is 2.47. The van der Waals surface area contributed by atoms with Crippen LogP contribution in [-0.2, 0) is 0 Å². The number of para-hydroxylation sites is 1. The molecule has 2 aromatic carbocycles. The van der Waals surface area contributed by atoms with E-state index in [1.165, 1.54) is 10.9 Å². The van der Waals surface area contributed by atoms with Crippen molar-refractivity contribution in [2.45, 2.75) is 13.8 Å². The molecule has 3 nitrogen and oxygen atoms in total. The number of rotatable bonds is 3. The topological polar surface area (TPSA) is 34.1 Å². The third-order valence-electron chi connectivity index (χ3n) is 3.59. The summed E-state index contributed by atoms with van der Waals surface area (Å²) in [6.07, 6.45) is 0. The lowest BCUT2D eigenvalue weighted by Crippen LogP contribution is -1.96. The Bertz CT molecular complexity index is 796. The number of nitrogens with zero attached hydrogens (tertiary/aromatic N) is 1. The highest BCUT2D eigenvalue weighted by atomic mass is 16.5. The Morgan fingerprint density at radius 2 is 1.76 bits per heavy atom. The van der Waals surface area contributed by atoms with E-state index in [0.717, 1.165) is 28.3 Å². The van der Waals surface area contributed by atoms with Gasteiger partial charge in [-0.15, -0.1) is 0 Å². The van der Waals surface area contributed by atoms with Crippen LogP contribution in [0.15, 0.2) is 48.5 Å². The Kier molecular flexibility index (Phi) is 3.48. The molecule has 1 heterocycles. The highest BCUT2D eigenvalue weighted by Crippen LogP contribution is 2.25. The van der Waals surface area contributed by atoms with E-state index in [4.69, 9.17) is 4.74 Å². The van der Waals surface area contributed by atoms with Gasteiger partial charge in [0.15, 0.2) is 0 Å². The Morgan fingerprint density at radius 1 is 0.952 bits per heavy atom. The number of fused-ring (bicyclic) bond motifs is 1. The van der Waals surface area contributed by atoms with E-state index in [1.807, 2.05) is 37.3 Å². The number of nitrogens with one attached hydrogen (secondary N) is 1. The Labute approximate surface area is 124 Å². The summed E-state index contributed by atoms with van der Waals surface area (Å²) < 4.78 is 5.28. The molecule has 0 aliphatic carbocycles. The molecule has 0 bridgehead atoms. The maximum Gasteiger partial charge on any atom is 0.131 e. The van der Waals surface area contributed by atoms with Crippen molar-refractivity contribution in [2.24, 2.45) is 0 Å². The van der Waals surface area contributed by atoms with Gasteiger partial charge in [-0.25, -0.2) is 4.98 Å². The van der Waals surface area contributed by atoms with E-state index in [2.05, 4.69) is 35.4 Å². The fourth-order valence-electron chi connectivity index (χ4n) is 2.52. The van der Waals surface area contributed by atoms with Gasteiger partial charge in [0, 0.05) is 11.1 Å². The summed E-state index contributed by atoms with van der Waals surface area (Å²) in [7, 11) is 1.68. The molecule has 1 aromatic heterocycles. The Balaban J connectivity index is 1.96. The molecule has 0 atom stereocenters. The first-order valence-corrected chi connectivity index (χ1v) is 6.95. The summed E-state index contributed by atoms with van der Waals surface area (Å²) in [5.74, 6) is 1.75. The summed E-state index contributed by atoms with van der Waals surface area (Å²) in [6, 6.07) is 16.3. The summed E-state index contributed by atoms with van der Waals surface area (Å²) in [6.45, 7) is 4.14. The number of aromatic nitrogens is 1. The maximum absolute atomic E-state index is 5.28. The van der Waals surface area contributed by atoms with E-state index < -0.39 is 0 Å². The van der Waals surface area contributed by atoms with Crippen LogP contribution in [0.5, 0.6) is 5.75 Å². The van der Waals surface area contributed by atoms with Crippen LogP contribution in [0.3, 0.4) is 0 Å². The van der Waals surface area contributed by atoms with Crippen molar-refractivity contribution in [2.75, 3.05) is 12.4 Å². The molecule has 106 valence electrons. The van der Waals surface area contributed by atoms with Crippen LogP contribution in [0.4, 0.5) is 11.5 Å². The predicted octanol–water partition coefficient (Wildman–Crippen LogP) is 4.60. The lowest BCUT2D eigenvalue weighted by atomic mass is 10.1. The highest BCUT2D eigenvalue weighted by molar-refractivity contribution is 5.84. The van der Waals surface area contributed by atoms with Gasteiger partial charge in [0.2, 0.25) is 0 Å². The lowest BCUT2D eigenvalue weighted by Gasteiger charge is -2.11. The standard InChI is InChI=1S/C18H18N2O/c1-12-11-18(20-16-7-5-4-6-15(12)16)19-14-8-9-17(21-3)13(2)10-14/h4-11H,1-3H3,(H,19,20). The van der Waals surface area contributed by atoms with Crippen LogP contribution >= 0.6 is 0 Å². The number of ether oxygens (including phenoxy) is 1. The van der Waals surface area contributed by atoms with Crippen LogP contribution in [0, 0.1) is 13.8 Å². The molecule has 0 aliphatic rings. The quantitative estimate of drug-likeness (QED) is 0.760. The molecule has 0 spiro atoms. The molecule has 3 rings (SSSR count). The molecular weight excluding hydrogens is 260 g/mol. The van der Waals surface area contributed by atoms with E-state index in [1.54, 1.807) is 7.11 Å². The second-order valence-electron chi connectivity index (χ2n) is 5.15. The number of anilines is 2. The van der Waals surface area contributed by atoms with Gasteiger partial charge in [0.25, 0.3) is 0 Å². The van der Waals surface area contributed by atoms with Gasteiger partial charge >= 0.3 is 0 Å². The van der Waals surface area contributed by atoms with Crippen molar-refractivity contribution in [3.05, 3.63) is 59.7 Å². The van der Waals surface area contributed by atoms with Gasteiger partial charge in [-0.2, -0.15) is 0 Å². The zero-order valence-electron chi connectivity index (χ0n) is 12.5. The number of methoxy groups -OCH3 is 1. The Hall–Kier alpha value is -2.55. The second-order valence-corrected chi connectivity index (χ2v) is 5.15. The summed E-state index contributed by atoms with van der Waals surface area (Å²) in [5, 5.41) is 4.55. The average molecular weight is 278 g/mol. The molecule has 0 saturated carbocycles. The number of hydrogen-bond acceptors (Lipinski definition) is 3. The lowest BCUT2D eigenvalue weighted by molar-refractivity contribution is 0.412. The summed E-state index contributed by atoms with van der Waals surface area (Å²) >= 11 is 0. The van der Waals surface area contributed by atoms with E-state index in [-0.39, 0.29) is 0 Å². The first kappa shape index (κ1) is 13.4. The second kappa shape index (κ2) is 5.44. The van der Waals surface area contributed by atoms with Crippen molar-refractivity contribution in [3.8, 4) is 5.75 Å². The SMILES string of the molecule is COc1ccc(Nc2cc(C)c3ccccc3n2)cc1C. The van der Waals surface area contributed by atoms with Gasteiger partial charge in [-0.05, 0) is 55.3 Å². The van der Waals surface area contributed by atoms with Crippen molar-refractivity contribution in [1.29, 1.82) is 0 Å².